The first-order valence-electron chi connectivity index (χ1n) is 15.0. The number of benzene rings is 2. The molecule has 9 heteroatoms. The van der Waals surface area contributed by atoms with Crippen molar-refractivity contribution in [1.29, 1.82) is 0 Å². The third-order valence-electron chi connectivity index (χ3n) is 9.76. The van der Waals surface area contributed by atoms with Gasteiger partial charge in [0.25, 0.3) is 0 Å². The van der Waals surface area contributed by atoms with Crippen molar-refractivity contribution < 1.29 is 9.84 Å². The van der Waals surface area contributed by atoms with Gasteiger partial charge in [-0.25, -0.2) is 9.97 Å². The molecule has 0 radical (unpaired) electrons. The molecule has 6 heterocycles. The van der Waals surface area contributed by atoms with Gasteiger partial charge in [-0.3, -0.25) is 4.90 Å². The number of fused-ring (bicyclic) bond motifs is 5. The van der Waals surface area contributed by atoms with Gasteiger partial charge in [0.05, 0.1) is 16.6 Å². The van der Waals surface area contributed by atoms with E-state index >= 15 is 0 Å². The maximum Gasteiger partial charge on any atom is 0.217 e. The van der Waals surface area contributed by atoms with Crippen LogP contribution in [0.4, 0.5) is 5.69 Å². The Morgan fingerprint density at radius 3 is 2.66 bits per heavy atom. The van der Waals surface area contributed by atoms with Crippen LogP contribution in [0, 0.1) is 0 Å². The highest BCUT2D eigenvalue weighted by Crippen LogP contribution is 2.41. The van der Waals surface area contributed by atoms with Gasteiger partial charge >= 0.3 is 0 Å². The molecular formula is C32H36N6O2S. The molecule has 8 rings (SSSR count). The first-order valence-corrected chi connectivity index (χ1v) is 16.2. The van der Waals surface area contributed by atoms with Crippen LogP contribution >= 0.6 is 11.8 Å². The van der Waals surface area contributed by atoms with E-state index in [2.05, 4.69) is 33.5 Å². The number of rotatable bonds is 6. The zero-order valence-corrected chi connectivity index (χ0v) is 24.3. The van der Waals surface area contributed by atoms with E-state index in [4.69, 9.17) is 19.7 Å². The number of hydrogen-bond donors (Lipinski definition) is 2. The van der Waals surface area contributed by atoms with E-state index in [1.165, 1.54) is 51.6 Å². The van der Waals surface area contributed by atoms with Gasteiger partial charge in [-0.2, -0.15) is 4.98 Å². The highest BCUT2D eigenvalue weighted by Gasteiger charge is 2.45. The second kappa shape index (κ2) is 10.00. The number of anilines is 1. The minimum atomic E-state index is 0.149. The van der Waals surface area contributed by atoms with E-state index in [9.17, 15) is 5.11 Å². The zero-order chi connectivity index (χ0) is 27.6. The number of nitrogens with one attached hydrogen (secondary N) is 1. The molecule has 2 aromatic heterocycles. The average Bonchev–Trinajstić information content (AvgIpc) is 3.68. The topological polar surface area (TPSA) is 86.6 Å². The lowest BCUT2D eigenvalue weighted by Gasteiger charge is -2.35. The highest BCUT2D eigenvalue weighted by molar-refractivity contribution is 7.98. The van der Waals surface area contributed by atoms with E-state index in [1.54, 1.807) is 23.9 Å². The summed E-state index contributed by atoms with van der Waals surface area (Å²) < 4.78 is 6.58. The Bertz CT molecular complexity index is 1620. The SMILES string of the molecule is CSc1cccc2cc(O)cc(-c3ncc4c(N5CC6CCC(C5)N6)cc(OCC56CCCN5CCC6)nc4n3)c12. The van der Waals surface area contributed by atoms with Gasteiger partial charge in [0.2, 0.25) is 5.88 Å². The first kappa shape index (κ1) is 25.6. The molecule has 2 aromatic carbocycles. The van der Waals surface area contributed by atoms with E-state index in [1.807, 2.05) is 18.3 Å². The summed E-state index contributed by atoms with van der Waals surface area (Å²) in [7, 11) is 0. The van der Waals surface area contributed by atoms with Crippen LogP contribution in [0.5, 0.6) is 11.6 Å². The summed E-state index contributed by atoms with van der Waals surface area (Å²) in [6.45, 7) is 4.95. The summed E-state index contributed by atoms with van der Waals surface area (Å²) in [5, 5.41) is 17.3. The Hall–Kier alpha value is -3.14. The molecule has 0 saturated carbocycles. The molecule has 2 bridgehead atoms. The van der Waals surface area contributed by atoms with Crippen LogP contribution in [0.1, 0.15) is 38.5 Å². The van der Waals surface area contributed by atoms with Crippen LogP contribution < -0.4 is 15.0 Å². The fourth-order valence-electron chi connectivity index (χ4n) is 7.82. The molecule has 0 aliphatic carbocycles. The van der Waals surface area contributed by atoms with E-state index in [0.717, 1.165) is 45.4 Å². The number of aromatic nitrogens is 3. The summed E-state index contributed by atoms with van der Waals surface area (Å²) in [5.74, 6) is 1.40. The number of phenols is 1. The Balaban J connectivity index is 1.24. The van der Waals surface area contributed by atoms with Gasteiger partial charge in [-0.15, -0.1) is 11.8 Å². The molecule has 2 unspecified atom stereocenters. The largest absolute Gasteiger partial charge is 0.508 e. The summed E-state index contributed by atoms with van der Waals surface area (Å²) in [4.78, 5) is 21.1. The number of aromatic hydroxyl groups is 1. The molecule has 2 atom stereocenters. The quantitative estimate of drug-likeness (QED) is 0.304. The van der Waals surface area contributed by atoms with Gasteiger partial charge in [0, 0.05) is 53.3 Å². The van der Waals surface area contributed by atoms with Crippen molar-refractivity contribution in [3.05, 3.63) is 42.6 Å². The van der Waals surface area contributed by atoms with Crippen molar-refractivity contribution in [3.8, 4) is 23.0 Å². The fraction of sp³-hybridized carbons (Fsp3) is 0.469. The number of piperazine rings is 1. The van der Waals surface area contributed by atoms with Gasteiger partial charge in [0.1, 0.15) is 12.4 Å². The number of hydrogen-bond acceptors (Lipinski definition) is 9. The van der Waals surface area contributed by atoms with Gasteiger partial charge < -0.3 is 20.1 Å². The van der Waals surface area contributed by atoms with Crippen LogP contribution in [0.15, 0.2) is 47.5 Å². The van der Waals surface area contributed by atoms with Crippen molar-refractivity contribution in [1.82, 2.24) is 25.2 Å². The lowest BCUT2D eigenvalue weighted by Crippen LogP contribution is -2.51. The fourth-order valence-corrected chi connectivity index (χ4v) is 8.47. The van der Waals surface area contributed by atoms with Crippen molar-refractivity contribution in [2.45, 2.75) is 61.0 Å². The standard InChI is InChI=1S/C32H36N6O2S/c1-41-27-6-2-5-20-13-23(39)14-24(29(20)27)30-33-16-25-26(37-17-21-7-8-22(18-37)34-21)15-28(35-31(25)36-30)40-19-32-9-3-11-38(32)12-4-10-32/h2,5-6,13-16,21-22,34,39H,3-4,7-12,17-19H2,1H3. The maximum absolute atomic E-state index is 10.6. The van der Waals surface area contributed by atoms with Crippen LogP contribution in [-0.4, -0.2) is 81.6 Å². The molecule has 4 aliphatic heterocycles. The molecule has 4 aliphatic rings. The summed E-state index contributed by atoms with van der Waals surface area (Å²) >= 11 is 1.68. The Morgan fingerprint density at radius 2 is 1.88 bits per heavy atom. The van der Waals surface area contributed by atoms with Crippen molar-refractivity contribution in [2.24, 2.45) is 0 Å². The van der Waals surface area contributed by atoms with Crippen molar-refractivity contribution in [2.75, 3.05) is 43.9 Å². The molecule has 4 fully saturated rings. The molecule has 0 spiro atoms. The van der Waals surface area contributed by atoms with E-state index in [0.29, 0.717) is 36.0 Å². The maximum atomic E-state index is 10.6. The van der Waals surface area contributed by atoms with Crippen LogP contribution in [-0.2, 0) is 0 Å². The van der Waals surface area contributed by atoms with Gasteiger partial charge in [-0.05, 0) is 81.5 Å². The average molecular weight is 569 g/mol. The number of thioether (sulfide) groups is 1. The molecule has 4 saturated heterocycles. The summed E-state index contributed by atoms with van der Waals surface area (Å²) in [5.41, 5.74) is 2.70. The second-order valence-corrected chi connectivity index (χ2v) is 13.1. The normalized spacial score (nSPS) is 23.5. The third kappa shape index (κ3) is 4.40. The summed E-state index contributed by atoms with van der Waals surface area (Å²) in [6.07, 6.45) is 11.3. The smallest absolute Gasteiger partial charge is 0.217 e. The predicted octanol–water partition coefficient (Wildman–Crippen LogP) is 5.22. The van der Waals surface area contributed by atoms with Crippen LogP contribution in [0.2, 0.25) is 0 Å². The third-order valence-corrected chi connectivity index (χ3v) is 10.5. The first-order chi connectivity index (χ1) is 20.1. The van der Waals surface area contributed by atoms with Gasteiger partial charge in [-0.1, -0.05) is 12.1 Å². The van der Waals surface area contributed by atoms with E-state index in [-0.39, 0.29) is 11.3 Å². The monoisotopic (exact) mass is 568 g/mol. The Morgan fingerprint density at radius 1 is 1.07 bits per heavy atom. The van der Waals surface area contributed by atoms with Crippen molar-refractivity contribution in [3.63, 3.8) is 0 Å². The number of pyridine rings is 1. The van der Waals surface area contributed by atoms with Crippen LogP contribution in [0.3, 0.4) is 0 Å². The number of phenolic OH excluding ortho intramolecular Hbond substituents is 1. The van der Waals surface area contributed by atoms with E-state index < -0.39 is 0 Å². The van der Waals surface area contributed by atoms with Crippen molar-refractivity contribution >= 4 is 39.3 Å². The Kier molecular flexibility index (Phi) is 6.23. The van der Waals surface area contributed by atoms with Crippen LogP contribution in [0.25, 0.3) is 33.2 Å². The lowest BCUT2D eigenvalue weighted by molar-refractivity contribution is 0.111. The molecule has 41 heavy (non-hydrogen) atoms. The predicted molar refractivity (Wildman–Crippen MR) is 164 cm³/mol. The second-order valence-electron chi connectivity index (χ2n) is 12.2. The molecule has 4 aromatic rings. The molecule has 0 amide bonds. The Labute approximate surface area is 244 Å². The molecular weight excluding hydrogens is 532 g/mol. The minimum Gasteiger partial charge on any atom is -0.508 e. The molecule has 212 valence electrons. The molecule has 2 N–H and O–H groups in total. The number of ether oxygens (including phenoxy) is 1. The summed E-state index contributed by atoms with van der Waals surface area (Å²) in [6, 6.07) is 12.9. The minimum absolute atomic E-state index is 0.149. The lowest BCUT2D eigenvalue weighted by atomic mass is 9.95. The molecule has 8 nitrogen and oxygen atoms in total. The zero-order valence-electron chi connectivity index (χ0n) is 23.5. The highest BCUT2D eigenvalue weighted by atomic mass is 32.2. The van der Waals surface area contributed by atoms with Gasteiger partial charge in [0.15, 0.2) is 11.5 Å². The number of nitrogens with zero attached hydrogens (tertiary/aromatic N) is 5.